The van der Waals surface area contributed by atoms with Gasteiger partial charge in [-0.2, -0.15) is 0 Å². The van der Waals surface area contributed by atoms with Crippen LogP contribution in [0.4, 0.5) is 0 Å². The Morgan fingerprint density at radius 3 is 2.94 bits per heavy atom. The van der Waals surface area contributed by atoms with Crippen molar-refractivity contribution in [2.24, 2.45) is 0 Å². The van der Waals surface area contributed by atoms with E-state index in [2.05, 4.69) is 10.3 Å². The predicted molar refractivity (Wildman–Crippen MR) is 67.2 cm³/mol. The van der Waals surface area contributed by atoms with Crippen molar-refractivity contribution in [3.05, 3.63) is 23.0 Å². The lowest BCUT2D eigenvalue weighted by Crippen LogP contribution is -2.34. The third-order valence-corrected chi connectivity index (χ3v) is 3.52. The van der Waals surface area contributed by atoms with Crippen LogP contribution in [0.2, 0.25) is 0 Å². The molecular weight excluding hydrogens is 232 g/mol. The standard InChI is InChI=1S/C13H20N2O3/c1-8-13(17)11(10(7-16)5-14-8)6-15-12-3-4-18-9(12)2/h5,9,12,15-17H,3-4,6-7H2,1-2H3. The summed E-state index contributed by atoms with van der Waals surface area (Å²) in [5, 5.41) is 22.6. The van der Waals surface area contributed by atoms with E-state index < -0.39 is 0 Å². The molecule has 100 valence electrons. The first-order valence-corrected chi connectivity index (χ1v) is 6.25. The second kappa shape index (κ2) is 5.65. The van der Waals surface area contributed by atoms with Crippen molar-refractivity contribution in [1.29, 1.82) is 0 Å². The van der Waals surface area contributed by atoms with E-state index in [9.17, 15) is 10.2 Å². The van der Waals surface area contributed by atoms with E-state index in [4.69, 9.17) is 4.74 Å². The average Bonchev–Trinajstić information content (AvgIpc) is 2.77. The van der Waals surface area contributed by atoms with E-state index in [1.807, 2.05) is 6.92 Å². The molecule has 2 heterocycles. The number of aliphatic hydroxyl groups is 1. The molecular formula is C13H20N2O3. The number of aryl methyl sites for hydroxylation is 1. The number of aromatic hydroxyl groups is 1. The van der Waals surface area contributed by atoms with Crippen LogP contribution in [-0.4, -0.2) is 33.9 Å². The highest BCUT2D eigenvalue weighted by atomic mass is 16.5. The third-order valence-electron chi connectivity index (χ3n) is 3.52. The number of pyridine rings is 1. The topological polar surface area (TPSA) is 74.6 Å². The number of nitrogens with one attached hydrogen (secondary N) is 1. The molecule has 1 aliphatic rings. The SMILES string of the molecule is Cc1ncc(CO)c(CNC2CCOC2C)c1O. The molecule has 1 fully saturated rings. The van der Waals surface area contributed by atoms with Gasteiger partial charge in [-0.25, -0.2) is 0 Å². The Kier molecular flexibility index (Phi) is 4.16. The summed E-state index contributed by atoms with van der Waals surface area (Å²) >= 11 is 0. The molecule has 1 aliphatic heterocycles. The highest BCUT2D eigenvalue weighted by Crippen LogP contribution is 2.24. The average molecular weight is 252 g/mol. The van der Waals surface area contributed by atoms with Gasteiger partial charge in [-0.1, -0.05) is 0 Å². The van der Waals surface area contributed by atoms with Gasteiger partial charge in [0.25, 0.3) is 0 Å². The molecule has 0 spiro atoms. The minimum atomic E-state index is -0.116. The van der Waals surface area contributed by atoms with Crippen molar-refractivity contribution >= 4 is 0 Å². The molecule has 18 heavy (non-hydrogen) atoms. The summed E-state index contributed by atoms with van der Waals surface area (Å²) in [7, 11) is 0. The lowest BCUT2D eigenvalue weighted by Gasteiger charge is -2.18. The Labute approximate surface area is 107 Å². The molecule has 0 amide bonds. The van der Waals surface area contributed by atoms with Crippen molar-refractivity contribution in [3.8, 4) is 5.75 Å². The van der Waals surface area contributed by atoms with Gasteiger partial charge in [-0.3, -0.25) is 4.98 Å². The van der Waals surface area contributed by atoms with Crippen LogP contribution in [0.3, 0.4) is 0 Å². The lowest BCUT2D eigenvalue weighted by atomic mass is 10.1. The number of hydrogen-bond donors (Lipinski definition) is 3. The van der Waals surface area contributed by atoms with Gasteiger partial charge >= 0.3 is 0 Å². The molecule has 0 saturated carbocycles. The van der Waals surface area contributed by atoms with Gasteiger partial charge in [0.1, 0.15) is 5.75 Å². The zero-order valence-electron chi connectivity index (χ0n) is 10.8. The normalized spacial score (nSPS) is 23.5. The molecule has 2 unspecified atom stereocenters. The molecule has 2 rings (SSSR count). The largest absolute Gasteiger partial charge is 0.506 e. The van der Waals surface area contributed by atoms with Crippen molar-refractivity contribution in [1.82, 2.24) is 10.3 Å². The van der Waals surface area contributed by atoms with Crippen LogP contribution < -0.4 is 5.32 Å². The van der Waals surface area contributed by atoms with Crippen LogP contribution in [-0.2, 0) is 17.9 Å². The predicted octanol–water partition coefficient (Wildman–Crippen LogP) is 0.855. The molecule has 1 saturated heterocycles. The second-order valence-corrected chi connectivity index (χ2v) is 4.71. The quantitative estimate of drug-likeness (QED) is 0.741. The maximum atomic E-state index is 10.0. The highest BCUT2D eigenvalue weighted by Gasteiger charge is 2.24. The number of ether oxygens (including phenoxy) is 1. The Balaban J connectivity index is 2.10. The van der Waals surface area contributed by atoms with E-state index in [-0.39, 0.29) is 18.5 Å². The van der Waals surface area contributed by atoms with E-state index in [1.54, 1.807) is 13.1 Å². The van der Waals surface area contributed by atoms with Gasteiger partial charge in [-0.05, 0) is 20.3 Å². The summed E-state index contributed by atoms with van der Waals surface area (Å²) in [6.07, 6.45) is 2.77. The second-order valence-electron chi connectivity index (χ2n) is 4.71. The molecule has 0 aromatic carbocycles. The third kappa shape index (κ3) is 2.63. The first kappa shape index (κ1) is 13.3. The van der Waals surface area contributed by atoms with Crippen molar-refractivity contribution in [2.75, 3.05) is 6.61 Å². The van der Waals surface area contributed by atoms with Crippen molar-refractivity contribution < 1.29 is 14.9 Å². The molecule has 2 atom stereocenters. The van der Waals surface area contributed by atoms with Gasteiger partial charge in [0.15, 0.2) is 0 Å². The molecule has 5 heteroatoms. The Morgan fingerprint density at radius 1 is 1.56 bits per heavy atom. The van der Waals surface area contributed by atoms with E-state index in [0.29, 0.717) is 23.8 Å². The Bertz CT molecular complexity index is 423. The maximum absolute atomic E-state index is 10.0. The van der Waals surface area contributed by atoms with Crippen molar-refractivity contribution in [3.63, 3.8) is 0 Å². The number of rotatable bonds is 4. The van der Waals surface area contributed by atoms with Gasteiger partial charge in [0.05, 0.1) is 18.4 Å². The summed E-state index contributed by atoms with van der Waals surface area (Å²) in [6.45, 7) is 4.96. The fourth-order valence-electron chi connectivity index (χ4n) is 2.25. The van der Waals surface area contributed by atoms with Gasteiger partial charge in [-0.15, -0.1) is 0 Å². The molecule has 0 aliphatic carbocycles. The summed E-state index contributed by atoms with van der Waals surface area (Å²) in [5.41, 5.74) is 1.97. The van der Waals surface area contributed by atoms with Crippen LogP contribution in [0.25, 0.3) is 0 Å². The van der Waals surface area contributed by atoms with E-state index in [0.717, 1.165) is 18.6 Å². The summed E-state index contributed by atoms with van der Waals surface area (Å²) in [5.74, 6) is 0.167. The van der Waals surface area contributed by atoms with Gasteiger partial charge in [0.2, 0.25) is 0 Å². The lowest BCUT2D eigenvalue weighted by molar-refractivity contribution is 0.113. The monoisotopic (exact) mass is 252 g/mol. The highest BCUT2D eigenvalue weighted by molar-refractivity contribution is 5.40. The van der Waals surface area contributed by atoms with Gasteiger partial charge in [0, 0.05) is 36.5 Å². The Morgan fingerprint density at radius 2 is 2.33 bits per heavy atom. The molecule has 0 bridgehead atoms. The molecule has 1 aromatic rings. The molecule has 1 aromatic heterocycles. The number of aliphatic hydroxyl groups excluding tert-OH is 1. The smallest absolute Gasteiger partial charge is 0.141 e. The number of nitrogens with zero attached hydrogens (tertiary/aromatic N) is 1. The maximum Gasteiger partial charge on any atom is 0.141 e. The Hall–Kier alpha value is -1.17. The van der Waals surface area contributed by atoms with Crippen LogP contribution in [0.1, 0.15) is 30.2 Å². The van der Waals surface area contributed by atoms with Crippen molar-refractivity contribution in [2.45, 2.75) is 45.6 Å². The van der Waals surface area contributed by atoms with Crippen LogP contribution >= 0.6 is 0 Å². The molecule has 3 N–H and O–H groups in total. The minimum absolute atomic E-state index is 0.116. The van der Waals surface area contributed by atoms with Crippen LogP contribution in [0.15, 0.2) is 6.20 Å². The number of aromatic nitrogens is 1. The molecule has 0 radical (unpaired) electrons. The van der Waals surface area contributed by atoms with Crippen LogP contribution in [0.5, 0.6) is 5.75 Å². The zero-order chi connectivity index (χ0) is 13.1. The van der Waals surface area contributed by atoms with E-state index in [1.165, 1.54) is 0 Å². The summed E-state index contributed by atoms with van der Waals surface area (Å²) in [4.78, 5) is 4.04. The summed E-state index contributed by atoms with van der Waals surface area (Å²) in [6, 6.07) is 0.296. The number of hydrogen-bond acceptors (Lipinski definition) is 5. The first-order chi connectivity index (χ1) is 8.63. The fraction of sp³-hybridized carbons (Fsp3) is 0.615. The fourth-order valence-corrected chi connectivity index (χ4v) is 2.25. The zero-order valence-corrected chi connectivity index (χ0v) is 10.8. The minimum Gasteiger partial charge on any atom is -0.506 e. The van der Waals surface area contributed by atoms with Crippen LogP contribution in [0, 0.1) is 6.92 Å². The molecule has 5 nitrogen and oxygen atoms in total. The van der Waals surface area contributed by atoms with E-state index >= 15 is 0 Å². The first-order valence-electron chi connectivity index (χ1n) is 6.25. The van der Waals surface area contributed by atoms with Gasteiger partial charge < -0.3 is 20.3 Å². The summed E-state index contributed by atoms with van der Waals surface area (Å²) < 4.78 is 5.48.